The van der Waals surface area contributed by atoms with Gasteiger partial charge < -0.3 is 4.90 Å². The Labute approximate surface area is 327 Å². The molecule has 0 atom stereocenters. The third-order valence-corrected chi connectivity index (χ3v) is 13.2. The lowest BCUT2D eigenvalue weighted by Crippen LogP contribution is -2.11. The van der Waals surface area contributed by atoms with E-state index < -0.39 is 0 Å². The van der Waals surface area contributed by atoms with Gasteiger partial charge in [-0.2, -0.15) is 0 Å². The van der Waals surface area contributed by atoms with E-state index in [1.807, 2.05) is 22.7 Å². The fourth-order valence-electron chi connectivity index (χ4n) is 8.23. The van der Waals surface area contributed by atoms with Crippen molar-refractivity contribution in [3.05, 3.63) is 200 Å². The Balaban J connectivity index is 1.07. The number of rotatable bonds is 6. The fourth-order valence-corrected chi connectivity index (χ4v) is 10.5. The van der Waals surface area contributed by atoms with Crippen LogP contribution in [-0.4, -0.2) is 0 Å². The molecule has 2 heterocycles. The zero-order valence-electron chi connectivity index (χ0n) is 29.8. The minimum atomic E-state index is 1.11. The largest absolute Gasteiger partial charge is 0.310 e. The van der Waals surface area contributed by atoms with Gasteiger partial charge in [0, 0.05) is 57.3 Å². The van der Waals surface area contributed by atoms with E-state index in [1.54, 1.807) is 0 Å². The second-order valence-electron chi connectivity index (χ2n) is 14.1. The minimum Gasteiger partial charge on any atom is -0.310 e. The molecule has 2 aromatic heterocycles. The third-order valence-electron chi connectivity index (χ3n) is 10.9. The van der Waals surface area contributed by atoms with Gasteiger partial charge in [0.15, 0.2) is 0 Å². The molecule has 258 valence electrons. The summed E-state index contributed by atoms with van der Waals surface area (Å²) in [6.07, 6.45) is 0. The number of para-hydroxylation sites is 1. The van der Waals surface area contributed by atoms with Crippen LogP contribution >= 0.6 is 22.7 Å². The molecule has 0 aliphatic rings. The zero-order chi connectivity index (χ0) is 36.3. The molecule has 9 aromatic carbocycles. The topological polar surface area (TPSA) is 3.24 Å². The Morgan fingerprint density at radius 1 is 0.291 bits per heavy atom. The van der Waals surface area contributed by atoms with E-state index in [0.717, 1.165) is 17.1 Å². The smallest absolute Gasteiger partial charge is 0.0540 e. The average molecular weight is 736 g/mol. The van der Waals surface area contributed by atoms with Crippen LogP contribution in [0.3, 0.4) is 0 Å². The summed E-state index contributed by atoms with van der Waals surface area (Å²) in [7, 11) is 0. The maximum Gasteiger partial charge on any atom is 0.0540 e. The van der Waals surface area contributed by atoms with Crippen LogP contribution in [0, 0.1) is 0 Å². The van der Waals surface area contributed by atoms with Crippen LogP contribution in [0.25, 0.3) is 84.5 Å². The lowest BCUT2D eigenvalue weighted by atomic mass is 9.97. The van der Waals surface area contributed by atoms with Crippen molar-refractivity contribution in [3.63, 3.8) is 0 Å². The van der Waals surface area contributed by atoms with E-state index in [9.17, 15) is 0 Å². The maximum atomic E-state index is 2.43. The molecule has 0 aliphatic heterocycles. The van der Waals surface area contributed by atoms with Crippen molar-refractivity contribution in [1.29, 1.82) is 0 Å². The third kappa shape index (κ3) is 5.51. The van der Waals surface area contributed by atoms with E-state index in [1.165, 1.54) is 84.5 Å². The predicted octanol–water partition coefficient (Wildman–Crippen LogP) is 16.0. The van der Waals surface area contributed by atoms with Crippen LogP contribution in [0.4, 0.5) is 17.1 Å². The van der Waals surface area contributed by atoms with E-state index in [4.69, 9.17) is 0 Å². The van der Waals surface area contributed by atoms with Crippen LogP contribution < -0.4 is 4.90 Å². The molecule has 11 rings (SSSR count). The molecule has 0 spiro atoms. The Morgan fingerprint density at radius 2 is 0.873 bits per heavy atom. The maximum absolute atomic E-state index is 2.43. The van der Waals surface area contributed by atoms with Gasteiger partial charge >= 0.3 is 0 Å². The van der Waals surface area contributed by atoms with Crippen LogP contribution in [0.5, 0.6) is 0 Å². The summed E-state index contributed by atoms with van der Waals surface area (Å²) in [6, 6.07) is 73.5. The van der Waals surface area contributed by atoms with Crippen LogP contribution in [0.2, 0.25) is 0 Å². The number of nitrogens with zero attached hydrogens (tertiary/aromatic N) is 1. The van der Waals surface area contributed by atoms with E-state index in [2.05, 4.69) is 205 Å². The highest BCUT2D eigenvalue weighted by Gasteiger charge is 2.19. The van der Waals surface area contributed by atoms with Gasteiger partial charge in [0.05, 0.1) is 5.69 Å². The molecule has 0 N–H and O–H groups in total. The molecule has 1 nitrogen and oxygen atoms in total. The molecular weight excluding hydrogens is 703 g/mol. The Kier molecular flexibility index (Phi) is 7.61. The number of anilines is 3. The molecule has 0 saturated carbocycles. The van der Waals surface area contributed by atoms with Crippen LogP contribution in [0.1, 0.15) is 0 Å². The first kappa shape index (κ1) is 32.0. The standard InChI is InChI=1S/C52H33NS2/c1-2-15-41-34(11-1)12-10-19-42(41)35-23-27-39(28-24-35)53(40-14-9-13-36(31-40)37-26-30-51-47(32-37)45-18-5-8-22-50(45)54-51)48-20-6-3-16-43(48)38-25-29-46-44-17-4-7-21-49(44)55-52(46)33-38/h1-33H. The van der Waals surface area contributed by atoms with Crippen LogP contribution in [0.15, 0.2) is 200 Å². The lowest BCUT2D eigenvalue weighted by molar-refractivity contribution is 1.28. The van der Waals surface area contributed by atoms with Crippen LogP contribution in [-0.2, 0) is 0 Å². The van der Waals surface area contributed by atoms with Crippen molar-refractivity contribution in [2.24, 2.45) is 0 Å². The minimum absolute atomic E-state index is 1.11. The number of benzene rings is 9. The summed E-state index contributed by atoms with van der Waals surface area (Å²) in [5.74, 6) is 0. The van der Waals surface area contributed by atoms with E-state index >= 15 is 0 Å². The van der Waals surface area contributed by atoms with E-state index in [0.29, 0.717) is 0 Å². The number of hydrogen-bond acceptors (Lipinski definition) is 3. The Hall–Kier alpha value is -6.52. The fraction of sp³-hybridized carbons (Fsp3) is 0. The molecule has 0 fully saturated rings. The normalized spacial score (nSPS) is 11.6. The predicted molar refractivity (Wildman–Crippen MR) is 241 cm³/mol. The number of thiophene rings is 2. The summed E-state index contributed by atoms with van der Waals surface area (Å²) in [5.41, 5.74) is 10.6. The van der Waals surface area contributed by atoms with E-state index in [-0.39, 0.29) is 0 Å². The number of hydrogen-bond donors (Lipinski definition) is 0. The Morgan fingerprint density at radius 3 is 1.73 bits per heavy atom. The van der Waals surface area contributed by atoms with Gasteiger partial charge in [-0.15, -0.1) is 22.7 Å². The van der Waals surface area contributed by atoms with Gasteiger partial charge in [-0.3, -0.25) is 0 Å². The summed E-state index contributed by atoms with van der Waals surface area (Å²) in [4.78, 5) is 2.43. The molecule has 0 amide bonds. The average Bonchev–Trinajstić information content (AvgIpc) is 3.82. The lowest BCUT2D eigenvalue weighted by Gasteiger charge is -2.28. The zero-order valence-corrected chi connectivity index (χ0v) is 31.4. The van der Waals surface area contributed by atoms with Crippen molar-refractivity contribution in [2.75, 3.05) is 4.90 Å². The molecular formula is C52H33NS2. The van der Waals surface area contributed by atoms with Gasteiger partial charge in [-0.05, 0) is 99.3 Å². The molecule has 3 heteroatoms. The molecule has 55 heavy (non-hydrogen) atoms. The monoisotopic (exact) mass is 735 g/mol. The summed E-state index contributed by atoms with van der Waals surface area (Å²) in [5, 5.41) is 7.77. The SMILES string of the molecule is c1cc(-c2ccc3sc4ccccc4c3c2)cc(N(c2ccc(-c3cccc4ccccc34)cc2)c2ccccc2-c2ccc3c(c2)sc2ccccc23)c1. The summed E-state index contributed by atoms with van der Waals surface area (Å²) < 4.78 is 5.27. The van der Waals surface area contributed by atoms with Crippen molar-refractivity contribution < 1.29 is 0 Å². The van der Waals surface area contributed by atoms with Gasteiger partial charge in [0.1, 0.15) is 0 Å². The molecule has 0 bridgehead atoms. The van der Waals surface area contributed by atoms with Gasteiger partial charge in [0.25, 0.3) is 0 Å². The highest BCUT2D eigenvalue weighted by Crippen LogP contribution is 2.45. The Bertz CT molecular complexity index is 3220. The van der Waals surface area contributed by atoms with Crippen molar-refractivity contribution in [3.8, 4) is 33.4 Å². The first-order valence-corrected chi connectivity index (χ1v) is 20.3. The number of fused-ring (bicyclic) bond motifs is 7. The molecule has 0 aliphatic carbocycles. The second kappa shape index (κ2) is 13.1. The van der Waals surface area contributed by atoms with Crippen molar-refractivity contribution >= 4 is 90.9 Å². The van der Waals surface area contributed by atoms with Gasteiger partial charge in [-0.1, -0.05) is 140 Å². The van der Waals surface area contributed by atoms with Gasteiger partial charge in [-0.25, -0.2) is 0 Å². The first-order chi connectivity index (χ1) is 27.2. The highest BCUT2D eigenvalue weighted by atomic mass is 32.1. The molecule has 0 saturated heterocycles. The summed E-state index contributed by atoms with van der Waals surface area (Å²) in [6.45, 7) is 0. The quantitative estimate of drug-likeness (QED) is 0.164. The van der Waals surface area contributed by atoms with Crippen molar-refractivity contribution in [2.45, 2.75) is 0 Å². The van der Waals surface area contributed by atoms with Crippen molar-refractivity contribution in [1.82, 2.24) is 0 Å². The first-order valence-electron chi connectivity index (χ1n) is 18.7. The molecule has 0 unspecified atom stereocenters. The molecule has 0 radical (unpaired) electrons. The highest BCUT2D eigenvalue weighted by molar-refractivity contribution is 7.26. The second-order valence-corrected chi connectivity index (χ2v) is 16.3. The summed E-state index contributed by atoms with van der Waals surface area (Å²) >= 11 is 3.73. The van der Waals surface area contributed by atoms with Gasteiger partial charge in [0.2, 0.25) is 0 Å². The molecule has 11 aromatic rings.